The highest BCUT2D eigenvalue weighted by Gasteiger charge is 2.17. The maximum Gasteiger partial charge on any atom is 0.263 e. The summed E-state index contributed by atoms with van der Waals surface area (Å²) in [7, 11) is -3.69. The van der Waals surface area contributed by atoms with Gasteiger partial charge in [0.15, 0.2) is 0 Å². The van der Waals surface area contributed by atoms with Crippen LogP contribution < -0.4 is 10.5 Å². The van der Waals surface area contributed by atoms with Crippen molar-refractivity contribution in [3.63, 3.8) is 0 Å². The summed E-state index contributed by atoms with van der Waals surface area (Å²) in [6, 6.07) is 4.34. The molecule has 1 heterocycles. The Morgan fingerprint density at radius 1 is 1.44 bits per heavy atom. The topological polar surface area (TPSA) is 98.0 Å². The average molecular weight is 305 g/mol. The first-order chi connectivity index (χ1) is 8.53. The van der Waals surface area contributed by atoms with Gasteiger partial charge >= 0.3 is 0 Å². The second-order valence-electron chi connectivity index (χ2n) is 3.31. The summed E-state index contributed by atoms with van der Waals surface area (Å²) >= 11 is 6.97. The summed E-state index contributed by atoms with van der Waals surface area (Å²) in [6.07, 6.45) is 0. The van der Waals surface area contributed by atoms with Gasteiger partial charge in [0.25, 0.3) is 10.0 Å². The summed E-state index contributed by atoms with van der Waals surface area (Å²) in [4.78, 5) is 0.0857. The normalized spacial score (nSPS) is 11.4. The third kappa shape index (κ3) is 2.78. The van der Waals surface area contributed by atoms with Crippen LogP contribution in [-0.2, 0) is 16.6 Å². The van der Waals surface area contributed by atoms with Crippen molar-refractivity contribution in [1.29, 1.82) is 0 Å². The van der Waals surface area contributed by atoms with Crippen LogP contribution in [0.2, 0.25) is 5.02 Å². The Balaban J connectivity index is 2.35. The molecule has 2 aromatic rings. The number of hydrogen-bond donors (Lipinski definition) is 2. The molecule has 0 bridgehead atoms. The molecule has 0 aliphatic heterocycles. The second kappa shape index (κ2) is 5.19. The molecular formula is C9H9ClN4O2S2. The van der Waals surface area contributed by atoms with Crippen molar-refractivity contribution in [2.75, 3.05) is 4.72 Å². The minimum absolute atomic E-state index is 0.0857. The van der Waals surface area contributed by atoms with Gasteiger partial charge in [0.2, 0.25) is 5.13 Å². The minimum Gasteiger partial charge on any atom is -0.326 e. The van der Waals surface area contributed by atoms with Crippen LogP contribution in [0.25, 0.3) is 0 Å². The second-order valence-corrected chi connectivity index (χ2v) is 6.23. The molecule has 1 aromatic carbocycles. The van der Waals surface area contributed by atoms with E-state index in [1.165, 1.54) is 23.7 Å². The Hall–Kier alpha value is -1.22. The number of nitrogens with one attached hydrogen (secondary N) is 1. The number of hydrogen-bond acceptors (Lipinski definition) is 6. The van der Waals surface area contributed by atoms with Crippen molar-refractivity contribution in [1.82, 2.24) is 10.2 Å². The van der Waals surface area contributed by atoms with E-state index in [9.17, 15) is 8.42 Å². The number of sulfonamides is 1. The van der Waals surface area contributed by atoms with Crippen LogP contribution in [0.5, 0.6) is 0 Å². The lowest BCUT2D eigenvalue weighted by Crippen LogP contribution is -2.13. The van der Waals surface area contributed by atoms with Crippen molar-refractivity contribution in [2.45, 2.75) is 11.4 Å². The predicted molar refractivity (Wildman–Crippen MR) is 70.1 cm³/mol. The molecule has 0 aliphatic carbocycles. The van der Waals surface area contributed by atoms with Gasteiger partial charge in [0.1, 0.15) is 5.51 Å². The number of nitrogens with zero attached hydrogens (tertiary/aromatic N) is 2. The Morgan fingerprint density at radius 3 is 2.83 bits per heavy atom. The van der Waals surface area contributed by atoms with Crippen molar-refractivity contribution < 1.29 is 8.42 Å². The summed E-state index contributed by atoms with van der Waals surface area (Å²) in [5.41, 5.74) is 7.48. The van der Waals surface area contributed by atoms with Gasteiger partial charge in [-0.1, -0.05) is 22.9 Å². The van der Waals surface area contributed by atoms with E-state index in [4.69, 9.17) is 17.3 Å². The van der Waals surface area contributed by atoms with Crippen LogP contribution in [0.4, 0.5) is 5.13 Å². The maximum absolute atomic E-state index is 12.0. The number of anilines is 1. The van der Waals surface area contributed by atoms with Crippen LogP contribution in [0, 0.1) is 0 Å². The fourth-order valence-corrected chi connectivity index (χ4v) is 3.20. The lowest BCUT2D eigenvalue weighted by Gasteiger charge is -2.07. The molecule has 0 aliphatic rings. The van der Waals surface area contributed by atoms with Gasteiger partial charge in [-0.2, -0.15) is 0 Å². The third-order valence-electron chi connectivity index (χ3n) is 2.13. The highest BCUT2D eigenvalue weighted by Crippen LogP contribution is 2.22. The first kappa shape index (κ1) is 13.2. The third-order valence-corrected chi connectivity index (χ3v) is 4.57. The Morgan fingerprint density at radius 2 is 2.22 bits per heavy atom. The molecule has 0 saturated heterocycles. The Kier molecular flexibility index (Phi) is 3.81. The zero-order chi connectivity index (χ0) is 13.2. The fraction of sp³-hybridized carbons (Fsp3) is 0.111. The van der Waals surface area contributed by atoms with Gasteiger partial charge in [0.05, 0.1) is 4.90 Å². The number of aromatic nitrogens is 2. The fourth-order valence-electron chi connectivity index (χ4n) is 1.27. The number of rotatable bonds is 4. The zero-order valence-corrected chi connectivity index (χ0v) is 11.4. The molecule has 0 radical (unpaired) electrons. The SMILES string of the molecule is NCc1cc(S(=O)(=O)Nc2nncs2)ccc1Cl. The predicted octanol–water partition coefficient (Wildman–Crippen LogP) is 1.45. The molecule has 0 amide bonds. The largest absolute Gasteiger partial charge is 0.326 e. The maximum atomic E-state index is 12.0. The molecule has 0 saturated carbocycles. The molecule has 0 spiro atoms. The highest BCUT2D eigenvalue weighted by molar-refractivity contribution is 7.93. The van der Waals surface area contributed by atoms with E-state index in [1.54, 1.807) is 0 Å². The quantitative estimate of drug-likeness (QED) is 0.891. The van der Waals surface area contributed by atoms with E-state index in [-0.39, 0.29) is 16.6 Å². The van der Waals surface area contributed by atoms with Gasteiger partial charge in [0, 0.05) is 11.6 Å². The molecule has 2 rings (SSSR count). The first-order valence-corrected chi connectivity index (χ1v) is 7.54. The lowest BCUT2D eigenvalue weighted by atomic mass is 10.2. The molecule has 9 heteroatoms. The minimum atomic E-state index is -3.69. The summed E-state index contributed by atoms with van der Waals surface area (Å²) in [6.45, 7) is 0.168. The van der Waals surface area contributed by atoms with E-state index in [1.807, 2.05) is 0 Å². The molecule has 0 fully saturated rings. The monoisotopic (exact) mass is 304 g/mol. The molecule has 0 atom stereocenters. The van der Waals surface area contributed by atoms with E-state index >= 15 is 0 Å². The highest BCUT2D eigenvalue weighted by atomic mass is 35.5. The van der Waals surface area contributed by atoms with E-state index in [0.29, 0.717) is 10.6 Å². The Bertz CT molecular complexity index is 643. The van der Waals surface area contributed by atoms with Crippen LogP contribution >= 0.6 is 22.9 Å². The van der Waals surface area contributed by atoms with Gasteiger partial charge in [-0.25, -0.2) is 8.42 Å². The standard InChI is InChI=1S/C9H9ClN4O2S2/c10-8-2-1-7(3-6(8)4-11)18(15,16)14-9-13-12-5-17-9/h1-3,5H,4,11H2,(H,13,14). The Labute approximate surface area is 113 Å². The van der Waals surface area contributed by atoms with Crippen LogP contribution in [-0.4, -0.2) is 18.6 Å². The van der Waals surface area contributed by atoms with E-state index < -0.39 is 10.0 Å². The van der Waals surface area contributed by atoms with E-state index in [0.717, 1.165) is 11.3 Å². The average Bonchev–Trinajstić information content (AvgIpc) is 2.81. The van der Waals surface area contributed by atoms with Gasteiger partial charge in [-0.05, 0) is 23.8 Å². The number of benzene rings is 1. The van der Waals surface area contributed by atoms with Gasteiger partial charge < -0.3 is 5.73 Å². The summed E-state index contributed by atoms with van der Waals surface area (Å²) in [5, 5.41) is 7.81. The van der Waals surface area contributed by atoms with Crippen molar-refractivity contribution in [3.8, 4) is 0 Å². The van der Waals surface area contributed by atoms with Crippen LogP contribution in [0.1, 0.15) is 5.56 Å². The molecule has 96 valence electrons. The molecular weight excluding hydrogens is 296 g/mol. The van der Waals surface area contributed by atoms with Crippen molar-refractivity contribution in [2.24, 2.45) is 5.73 Å². The smallest absolute Gasteiger partial charge is 0.263 e. The zero-order valence-electron chi connectivity index (χ0n) is 9.00. The molecule has 3 N–H and O–H groups in total. The van der Waals surface area contributed by atoms with Crippen LogP contribution in [0.3, 0.4) is 0 Å². The van der Waals surface area contributed by atoms with E-state index in [2.05, 4.69) is 14.9 Å². The molecule has 1 aromatic heterocycles. The summed E-state index contributed by atoms with van der Waals surface area (Å²) in [5.74, 6) is 0. The first-order valence-electron chi connectivity index (χ1n) is 4.80. The van der Waals surface area contributed by atoms with Crippen molar-refractivity contribution >= 4 is 38.1 Å². The van der Waals surface area contributed by atoms with Crippen LogP contribution in [0.15, 0.2) is 28.6 Å². The van der Waals surface area contributed by atoms with Gasteiger partial charge in [-0.3, -0.25) is 4.72 Å². The van der Waals surface area contributed by atoms with Crippen molar-refractivity contribution in [3.05, 3.63) is 34.3 Å². The summed E-state index contributed by atoms with van der Waals surface area (Å²) < 4.78 is 26.4. The molecule has 6 nitrogen and oxygen atoms in total. The molecule has 18 heavy (non-hydrogen) atoms. The number of halogens is 1. The number of nitrogens with two attached hydrogens (primary N) is 1. The lowest BCUT2D eigenvalue weighted by molar-refractivity contribution is 0.601. The molecule has 0 unspecified atom stereocenters. The van der Waals surface area contributed by atoms with Gasteiger partial charge in [-0.15, -0.1) is 10.2 Å².